The molecule has 8 amide bonds. The number of phenols is 1. The number of nitrogens with two attached hydrogens (primary N) is 2. The Kier molecular flexibility index (Phi) is 36.7. The predicted octanol–water partition coefficient (Wildman–Crippen LogP) is -3.39. The molecule has 3 aromatic rings. The number of rotatable bonds is 33. The van der Waals surface area contributed by atoms with E-state index in [1.54, 1.807) is 12.1 Å². The van der Waals surface area contributed by atoms with E-state index in [1.165, 1.54) is 18.0 Å². The van der Waals surface area contributed by atoms with E-state index < -0.39 is 77.7 Å². The van der Waals surface area contributed by atoms with Gasteiger partial charge in [-0.1, -0.05) is 55.5 Å². The molecule has 5 atom stereocenters. The van der Waals surface area contributed by atoms with Gasteiger partial charge in [0.15, 0.2) is 5.96 Å². The second kappa shape index (κ2) is 44.9. The van der Waals surface area contributed by atoms with E-state index in [0.717, 1.165) is 76.0 Å². The van der Waals surface area contributed by atoms with E-state index in [2.05, 4.69) is 86.4 Å². The lowest BCUT2D eigenvalue weighted by Gasteiger charge is -2.39. The van der Waals surface area contributed by atoms with E-state index >= 15 is 0 Å². The van der Waals surface area contributed by atoms with Gasteiger partial charge in [0.1, 0.15) is 36.2 Å². The molecule has 0 spiro atoms. The Bertz CT molecular complexity index is 3090. The molecule has 4 heterocycles. The molecular weight excluding hydrogens is 1400 g/mol. The van der Waals surface area contributed by atoms with Gasteiger partial charge < -0.3 is 110 Å². The number of benzene rings is 3. The summed E-state index contributed by atoms with van der Waals surface area (Å²) in [4.78, 5) is 128. The summed E-state index contributed by atoms with van der Waals surface area (Å²) >= 11 is 1.94. The Balaban J connectivity index is 0.895. The number of fused-ring (bicyclic) bond motifs is 16. The molecule has 0 aromatic heterocycles. The van der Waals surface area contributed by atoms with E-state index in [9.17, 15) is 48.3 Å². The zero-order valence-electron chi connectivity index (χ0n) is 57.8. The van der Waals surface area contributed by atoms with Crippen molar-refractivity contribution in [1.29, 1.82) is 0 Å². The van der Waals surface area contributed by atoms with Crippen molar-refractivity contribution >= 4 is 92.9 Å². The van der Waals surface area contributed by atoms with Crippen LogP contribution in [0.3, 0.4) is 0 Å². The van der Waals surface area contributed by atoms with Gasteiger partial charge in [0, 0.05) is 149 Å². The number of likely N-dealkylation sites (N-methyl/N-ethyl adjacent to an activating group) is 1. The van der Waals surface area contributed by atoms with Gasteiger partial charge in [-0.2, -0.15) is 0 Å². The molecular formula is C68H107IN18O13. The Labute approximate surface area is 599 Å². The van der Waals surface area contributed by atoms with E-state index in [1.807, 2.05) is 65.1 Å². The minimum absolute atomic E-state index is 0.0122. The van der Waals surface area contributed by atoms with Gasteiger partial charge >= 0.3 is 0 Å². The first-order chi connectivity index (χ1) is 48.2. The average Bonchev–Trinajstić information content (AvgIpc) is 1.11. The van der Waals surface area contributed by atoms with Crippen molar-refractivity contribution < 1.29 is 62.5 Å². The van der Waals surface area contributed by atoms with Crippen LogP contribution in [0.5, 0.6) is 5.75 Å². The minimum atomic E-state index is -1.27. The normalized spacial score (nSPS) is 22.3. The summed E-state index contributed by atoms with van der Waals surface area (Å²) in [6, 6.07) is 12.4. The number of nitrogens with zero attached hydrogens (tertiary/aromatic N) is 2. The molecule has 4 fully saturated rings. The highest BCUT2D eigenvalue weighted by Gasteiger charge is 2.37. The first kappa shape index (κ1) is 81.7. The smallest absolute Gasteiger partial charge is 0.245 e. The molecule has 31 nitrogen and oxygen atoms in total. The van der Waals surface area contributed by atoms with Crippen LogP contribution in [0.2, 0.25) is 0 Å². The zero-order valence-corrected chi connectivity index (χ0v) is 60.0. The van der Waals surface area contributed by atoms with Crippen molar-refractivity contribution in [2.75, 3.05) is 158 Å². The van der Waals surface area contributed by atoms with Crippen molar-refractivity contribution in [3.05, 3.63) is 75.4 Å². The lowest BCUT2D eigenvalue weighted by atomic mass is 9.90. The zero-order chi connectivity index (χ0) is 72.0. The molecule has 7 rings (SSSR count). The lowest BCUT2D eigenvalue weighted by Crippen LogP contribution is -2.67. The van der Waals surface area contributed by atoms with Gasteiger partial charge in [-0.15, -0.1) is 0 Å². The number of ether oxygens (including phenoxy) is 3. The number of halogens is 1. The summed E-state index contributed by atoms with van der Waals surface area (Å²) < 4.78 is 17.3. The Morgan fingerprint density at radius 3 is 1.76 bits per heavy atom. The van der Waals surface area contributed by atoms with Gasteiger partial charge in [-0.3, -0.25) is 48.7 Å². The number of carbonyl (C=O) groups is 9. The largest absolute Gasteiger partial charge is 0.507 e. The van der Waals surface area contributed by atoms with Crippen molar-refractivity contribution in [3.63, 3.8) is 0 Å². The number of aromatic hydroxyl groups is 1. The van der Waals surface area contributed by atoms with E-state index in [0.29, 0.717) is 60.5 Å². The number of amides is 8. The molecule has 1 unspecified atom stereocenters. The maximum absolute atomic E-state index is 14.6. The molecule has 19 N–H and O–H groups in total. The van der Waals surface area contributed by atoms with Crippen molar-refractivity contribution in [2.45, 2.75) is 107 Å². The quantitative estimate of drug-likeness (QED) is 0.00929. The fourth-order valence-corrected chi connectivity index (χ4v) is 12.4. The van der Waals surface area contributed by atoms with Crippen LogP contribution in [0.15, 0.2) is 65.7 Å². The van der Waals surface area contributed by atoms with Gasteiger partial charge in [0.2, 0.25) is 47.3 Å². The van der Waals surface area contributed by atoms with E-state index in [4.69, 9.17) is 25.7 Å². The molecule has 100 heavy (non-hydrogen) atoms. The average molecular weight is 1510 g/mol. The second-order valence-electron chi connectivity index (χ2n) is 25.9. The minimum Gasteiger partial charge on any atom is -0.507 e. The van der Waals surface area contributed by atoms with Crippen LogP contribution < -0.4 is 85.9 Å². The first-order valence-corrected chi connectivity index (χ1v) is 35.8. The summed E-state index contributed by atoms with van der Waals surface area (Å²) in [7, 11) is 1.40. The van der Waals surface area contributed by atoms with E-state index in [-0.39, 0.29) is 133 Å². The number of hydrogen-bond acceptors (Lipinski definition) is 21. The summed E-state index contributed by atoms with van der Waals surface area (Å²) in [6.07, 6.45) is 1.44. The molecule has 2 bridgehead atoms. The molecule has 554 valence electrons. The predicted molar refractivity (Wildman–Crippen MR) is 388 cm³/mol. The third-order valence-electron chi connectivity index (χ3n) is 17.3. The number of hydrogen-bond donors (Lipinski definition) is 17. The Morgan fingerprint density at radius 2 is 1.17 bits per heavy atom. The van der Waals surface area contributed by atoms with Crippen molar-refractivity contribution in [2.24, 2.45) is 21.9 Å². The van der Waals surface area contributed by atoms with Gasteiger partial charge in [-0.05, 0) is 88.7 Å². The molecule has 0 aliphatic carbocycles. The number of nitrogens with one attached hydrogen (secondary N) is 14. The maximum Gasteiger partial charge on any atom is 0.245 e. The molecule has 0 saturated carbocycles. The molecule has 0 radical (unpaired) electrons. The molecule has 3 aromatic carbocycles. The van der Waals surface area contributed by atoms with Gasteiger partial charge in [-0.25, -0.2) is 0 Å². The highest BCUT2D eigenvalue weighted by atomic mass is 127. The van der Waals surface area contributed by atoms with Crippen LogP contribution in [-0.2, 0) is 70.2 Å². The lowest BCUT2D eigenvalue weighted by molar-refractivity contribution is -0.142. The standard InChI is InChI=1S/C68H107IN18O13/c1-67-41-72-21-24-75-44-68(45-76-25-22-73-42-67,46-77-26-23-74-43-67)86-51(40-88)14-16-58(90)79-27-29-98-31-33-100-34-32-99-30-28-80-60(92)18-17-59(91)78-19-6-10-56-64(96)84-53(9-5-20-81-66(70)71)63(95)85-54(37-47-11-13-49-7-3-4-8-50(49)35-47)62(94)82-39-61(93)83-55(65(97)87(56)2)38-48-12-15-57(89)52(69)36-48/h3-4,7-8,11-13,15,35-36,40,51,53-56,72-77,86,89H,5-6,9-10,14,16-34,37-39,41-46H2,1-2H3,(H,78,91)(H,79,90)(H,80,92)(H,82,94)(H,83,93)(H,84,96)(H,85,95)(H4,70,71,81)/t51?,53-,54-,55+,56+,67?,68?/m0/s1. The second-order valence-corrected chi connectivity index (χ2v) is 27.0. The SMILES string of the molecule is CN1C(=O)[C@@H](Cc2ccc(O)c(I)c2)NC(=O)CNC(=O)[C@H](Cc2ccc3ccccc3c2)NC(=O)[C@H](CCCN=C(N)N)NC(=O)[C@H]1CCCNC(=O)CCC(=O)NCCOCCOCCOCCNC(=O)CCC(C=O)NC12CNCCNCC(C)(CNCCNC1)CNCCNC2. The number of carbonyl (C=O) groups excluding carboxylic acids is 9. The number of guanidine groups is 1. The first-order valence-electron chi connectivity index (χ1n) is 34.7. The molecule has 4 aliphatic heterocycles. The maximum atomic E-state index is 14.6. The topological polar surface area (TPSA) is 438 Å². The summed E-state index contributed by atoms with van der Waals surface area (Å²) in [5.74, 6) is -4.69. The van der Waals surface area contributed by atoms with Crippen LogP contribution in [-0.4, -0.2) is 263 Å². The fraction of sp³-hybridized carbons (Fsp3) is 0.618. The monoisotopic (exact) mass is 1510 g/mol. The molecule has 4 saturated heterocycles. The highest BCUT2D eigenvalue weighted by molar-refractivity contribution is 14.1. The van der Waals surface area contributed by atoms with Gasteiger partial charge in [0.05, 0.1) is 61.3 Å². The molecule has 32 heteroatoms. The van der Waals surface area contributed by atoms with Crippen LogP contribution >= 0.6 is 22.6 Å². The fourth-order valence-electron chi connectivity index (χ4n) is 11.8. The Morgan fingerprint density at radius 1 is 0.640 bits per heavy atom. The Hall–Kier alpha value is -7.25. The summed E-state index contributed by atoms with van der Waals surface area (Å²) in [6.45, 7) is 13.3. The van der Waals surface area contributed by atoms with Crippen LogP contribution in [0.4, 0.5) is 0 Å². The third kappa shape index (κ3) is 30.5. The number of aliphatic imine (C=N–C) groups is 1. The highest BCUT2D eigenvalue weighted by Crippen LogP contribution is 2.23. The van der Waals surface area contributed by atoms with Gasteiger partial charge in [0.25, 0.3) is 0 Å². The van der Waals surface area contributed by atoms with Crippen LogP contribution in [0.1, 0.15) is 69.4 Å². The molecule has 4 aliphatic rings. The van der Waals surface area contributed by atoms with Crippen LogP contribution in [0.25, 0.3) is 10.8 Å². The summed E-state index contributed by atoms with van der Waals surface area (Å²) in [5, 5.41) is 56.7. The number of phenolic OH excluding ortho intramolecular Hbond substituents is 1. The summed E-state index contributed by atoms with van der Waals surface area (Å²) in [5.41, 5.74) is 12.0. The van der Waals surface area contributed by atoms with Crippen molar-refractivity contribution in [3.8, 4) is 5.75 Å². The van der Waals surface area contributed by atoms with Crippen LogP contribution in [0, 0.1) is 8.99 Å². The third-order valence-corrected chi connectivity index (χ3v) is 18.2. The number of aldehydes is 1. The van der Waals surface area contributed by atoms with Crippen molar-refractivity contribution in [1.82, 2.24) is 79.3 Å².